The normalized spacial score (nSPS) is 14.8. The second-order valence-electron chi connectivity index (χ2n) is 5.09. The van der Waals surface area contributed by atoms with Gasteiger partial charge in [-0.2, -0.15) is 0 Å². The Kier molecular flexibility index (Phi) is 3.42. The minimum absolute atomic E-state index is 0.246. The number of hydrogen-bond acceptors (Lipinski definition) is 3. The predicted molar refractivity (Wildman–Crippen MR) is 75.9 cm³/mol. The first-order chi connectivity index (χ1) is 9.69. The molecule has 3 N–H and O–H groups in total. The summed E-state index contributed by atoms with van der Waals surface area (Å²) >= 11 is 0. The summed E-state index contributed by atoms with van der Waals surface area (Å²) in [6, 6.07) is 10.7. The number of fused-ring (bicyclic) bond motifs is 1. The maximum atomic E-state index is 14.1. The maximum absolute atomic E-state index is 14.1. The minimum atomic E-state index is -0.360. The third-order valence-electron chi connectivity index (χ3n) is 3.68. The second-order valence-corrected chi connectivity index (χ2v) is 5.09. The quantitative estimate of drug-likeness (QED) is 0.667. The lowest BCUT2D eigenvalue weighted by Crippen LogP contribution is -2.29. The highest BCUT2D eigenvalue weighted by Crippen LogP contribution is 2.31. The standard InChI is InChI=1S/C16H17FN2O/c1-10-2-4-13(14(17)8-10)16(19-18)12-3-5-15-11(9-12)6-7-20-15/h2-5,8-9,16,19H,6-7,18H2,1H3. The van der Waals surface area contributed by atoms with E-state index in [0.717, 1.165) is 28.9 Å². The average molecular weight is 272 g/mol. The molecule has 0 spiro atoms. The number of ether oxygens (including phenoxy) is 1. The van der Waals surface area contributed by atoms with Crippen molar-refractivity contribution in [2.45, 2.75) is 19.4 Å². The number of halogens is 1. The van der Waals surface area contributed by atoms with E-state index in [2.05, 4.69) is 5.43 Å². The fourth-order valence-corrected chi connectivity index (χ4v) is 2.62. The predicted octanol–water partition coefficient (Wildman–Crippen LogP) is 2.62. The monoisotopic (exact) mass is 272 g/mol. The molecule has 104 valence electrons. The summed E-state index contributed by atoms with van der Waals surface area (Å²) in [5.41, 5.74) is 6.24. The third kappa shape index (κ3) is 2.28. The molecule has 0 aromatic heterocycles. The summed E-state index contributed by atoms with van der Waals surface area (Å²) in [5, 5.41) is 0. The van der Waals surface area contributed by atoms with Crippen molar-refractivity contribution in [3.8, 4) is 5.75 Å². The van der Waals surface area contributed by atoms with Crippen LogP contribution in [0.3, 0.4) is 0 Å². The molecule has 0 fully saturated rings. The van der Waals surface area contributed by atoms with Crippen LogP contribution < -0.4 is 16.0 Å². The van der Waals surface area contributed by atoms with Gasteiger partial charge in [0.15, 0.2) is 0 Å². The molecular formula is C16H17FN2O. The molecule has 0 saturated heterocycles. The molecule has 1 unspecified atom stereocenters. The van der Waals surface area contributed by atoms with Crippen molar-refractivity contribution in [2.75, 3.05) is 6.61 Å². The summed E-state index contributed by atoms with van der Waals surface area (Å²) in [7, 11) is 0. The van der Waals surface area contributed by atoms with Crippen molar-refractivity contribution >= 4 is 0 Å². The van der Waals surface area contributed by atoms with Gasteiger partial charge in [0.1, 0.15) is 11.6 Å². The molecular weight excluding hydrogens is 255 g/mol. The van der Waals surface area contributed by atoms with Gasteiger partial charge < -0.3 is 4.74 Å². The number of benzene rings is 2. The largest absolute Gasteiger partial charge is 0.493 e. The van der Waals surface area contributed by atoms with Crippen LogP contribution in [0.5, 0.6) is 5.75 Å². The summed E-state index contributed by atoms with van der Waals surface area (Å²) in [6.07, 6.45) is 0.886. The van der Waals surface area contributed by atoms with Crippen LogP contribution in [0.2, 0.25) is 0 Å². The maximum Gasteiger partial charge on any atom is 0.128 e. The topological polar surface area (TPSA) is 47.3 Å². The molecule has 2 aromatic rings. The second kappa shape index (κ2) is 5.23. The van der Waals surface area contributed by atoms with E-state index in [1.807, 2.05) is 31.2 Å². The summed E-state index contributed by atoms with van der Waals surface area (Å²) in [6.45, 7) is 2.57. The van der Waals surface area contributed by atoms with Crippen molar-refractivity contribution in [3.63, 3.8) is 0 Å². The Morgan fingerprint density at radius 3 is 2.85 bits per heavy atom. The van der Waals surface area contributed by atoms with Crippen LogP contribution in [0.25, 0.3) is 0 Å². The minimum Gasteiger partial charge on any atom is -0.493 e. The van der Waals surface area contributed by atoms with Crippen LogP contribution in [0.4, 0.5) is 4.39 Å². The first-order valence-electron chi connectivity index (χ1n) is 6.67. The zero-order valence-corrected chi connectivity index (χ0v) is 11.3. The lowest BCUT2D eigenvalue weighted by molar-refractivity contribution is 0.357. The van der Waals surface area contributed by atoms with Gasteiger partial charge in [-0.1, -0.05) is 24.3 Å². The smallest absolute Gasteiger partial charge is 0.128 e. The van der Waals surface area contributed by atoms with E-state index in [0.29, 0.717) is 12.2 Å². The molecule has 1 atom stereocenters. The molecule has 2 aromatic carbocycles. The lowest BCUT2D eigenvalue weighted by Gasteiger charge is -2.18. The first kappa shape index (κ1) is 13.1. The van der Waals surface area contributed by atoms with Crippen LogP contribution in [0.1, 0.15) is 28.3 Å². The first-order valence-corrected chi connectivity index (χ1v) is 6.67. The van der Waals surface area contributed by atoms with Crippen LogP contribution in [0, 0.1) is 12.7 Å². The molecule has 0 radical (unpaired) electrons. The van der Waals surface area contributed by atoms with Gasteiger partial charge in [-0.3, -0.25) is 5.84 Å². The molecule has 3 nitrogen and oxygen atoms in total. The van der Waals surface area contributed by atoms with Crippen molar-refractivity contribution in [3.05, 3.63) is 64.5 Å². The summed E-state index contributed by atoms with van der Waals surface area (Å²) in [4.78, 5) is 0. The molecule has 4 heteroatoms. The van der Waals surface area contributed by atoms with Gasteiger partial charge in [0, 0.05) is 12.0 Å². The molecule has 1 heterocycles. The number of aryl methyl sites for hydroxylation is 1. The Balaban J connectivity index is 2.01. The zero-order valence-electron chi connectivity index (χ0n) is 11.3. The van der Waals surface area contributed by atoms with Crippen molar-refractivity contribution in [1.82, 2.24) is 5.43 Å². The Bertz CT molecular complexity index is 642. The number of nitrogens with one attached hydrogen (secondary N) is 1. The molecule has 1 aliphatic rings. The Hall–Kier alpha value is -1.91. The summed E-state index contributed by atoms with van der Waals surface area (Å²) < 4.78 is 19.6. The molecule has 0 saturated carbocycles. The Morgan fingerprint density at radius 1 is 1.25 bits per heavy atom. The Morgan fingerprint density at radius 2 is 2.10 bits per heavy atom. The fraction of sp³-hybridized carbons (Fsp3) is 0.250. The highest BCUT2D eigenvalue weighted by molar-refractivity contribution is 5.43. The van der Waals surface area contributed by atoms with Crippen molar-refractivity contribution in [2.24, 2.45) is 5.84 Å². The van der Waals surface area contributed by atoms with Crippen molar-refractivity contribution < 1.29 is 9.13 Å². The van der Waals surface area contributed by atoms with E-state index < -0.39 is 0 Å². The summed E-state index contributed by atoms with van der Waals surface area (Å²) in [5.74, 6) is 6.31. The van der Waals surface area contributed by atoms with Crippen molar-refractivity contribution in [1.29, 1.82) is 0 Å². The third-order valence-corrected chi connectivity index (χ3v) is 3.68. The number of nitrogens with two attached hydrogens (primary N) is 1. The van der Waals surface area contributed by atoms with Crippen LogP contribution >= 0.6 is 0 Å². The van der Waals surface area contributed by atoms with Crippen LogP contribution in [-0.2, 0) is 6.42 Å². The number of rotatable bonds is 3. The zero-order chi connectivity index (χ0) is 14.1. The molecule has 0 bridgehead atoms. The number of hydrogen-bond donors (Lipinski definition) is 2. The molecule has 20 heavy (non-hydrogen) atoms. The van der Waals surface area contributed by atoms with E-state index in [-0.39, 0.29) is 11.9 Å². The van der Waals surface area contributed by atoms with E-state index >= 15 is 0 Å². The highest BCUT2D eigenvalue weighted by Gasteiger charge is 2.19. The van der Waals surface area contributed by atoms with Gasteiger partial charge in [-0.05, 0) is 35.7 Å². The SMILES string of the molecule is Cc1ccc(C(NN)c2ccc3c(c2)CCO3)c(F)c1. The molecule has 3 rings (SSSR count). The lowest BCUT2D eigenvalue weighted by atomic mass is 9.96. The highest BCUT2D eigenvalue weighted by atomic mass is 19.1. The molecule has 1 aliphatic heterocycles. The van der Waals surface area contributed by atoms with Crippen LogP contribution in [-0.4, -0.2) is 6.61 Å². The molecule has 0 amide bonds. The average Bonchev–Trinajstić information content (AvgIpc) is 2.89. The van der Waals surface area contributed by atoms with Crippen LogP contribution in [0.15, 0.2) is 36.4 Å². The van der Waals surface area contributed by atoms with E-state index in [4.69, 9.17) is 10.6 Å². The molecule has 0 aliphatic carbocycles. The van der Waals surface area contributed by atoms with Gasteiger partial charge in [-0.25, -0.2) is 9.82 Å². The van der Waals surface area contributed by atoms with Gasteiger partial charge in [-0.15, -0.1) is 0 Å². The van der Waals surface area contributed by atoms with Gasteiger partial charge in [0.2, 0.25) is 0 Å². The van der Waals surface area contributed by atoms with Gasteiger partial charge in [0.05, 0.1) is 12.6 Å². The van der Waals surface area contributed by atoms with E-state index in [1.54, 1.807) is 6.07 Å². The van der Waals surface area contributed by atoms with Gasteiger partial charge in [0.25, 0.3) is 0 Å². The fourth-order valence-electron chi connectivity index (χ4n) is 2.62. The van der Waals surface area contributed by atoms with E-state index in [1.165, 1.54) is 6.07 Å². The number of hydrazine groups is 1. The Labute approximate surface area is 117 Å². The van der Waals surface area contributed by atoms with Gasteiger partial charge >= 0.3 is 0 Å². The van der Waals surface area contributed by atoms with E-state index in [9.17, 15) is 4.39 Å².